The summed E-state index contributed by atoms with van der Waals surface area (Å²) in [7, 11) is 0. The van der Waals surface area contributed by atoms with Crippen LogP contribution < -0.4 is 5.32 Å². The molecule has 0 aliphatic rings. The highest BCUT2D eigenvalue weighted by Gasteiger charge is 2.13. The minimum absolute atomic E-state index is 0.0372. The number of carboxylic acids is 1. The van der Waals surface area contributed by atoms with Crippen LogP contribution in [0.25, 0.3) is 0 Å². The first-order valence-corrected chi connectivity index (χ1v) is 5.61. The molecule has 0 saturated heterocycles. The van der Waals surface area contributed by atoms with Gasteiger partial charge in [0, 0.05) is 5.69 Å². The van der Waals surface area contributed by atoms with Gasteiger partial charge in [-0.1, -0.05) is 12.1 Å². The Morgan fingerprint density at radius 2 is 1.75 bits per heavy atom. The Morgan fingerprint density at radius 1 is 1.05 bits per heavy atom. The second-order valence-electron chi connectivity index (χ2n) is 3.97. The van der Waals surface area contributed by atoms with E-state index in [4.69, 9.17) is 5.11 Å². The minimum Gasteiger partial charge on any atom is -0.507 e. The van der Waals surface area contributed by atoms with Crippen molar-refractivity contribution in [2.75, 3.05) is 5.32 Å². The number of hydrogen-bond donors (Lipinski definition) is 3. The van der Waals surface area contributed by atoms with E-state index in [1.165, 1.54) is 18.2 Å². The fourth-order valence-corrected chi connectivity index (χ4v) is 1.63. The lowest BCUT2D eigenvalue weighted by Crippen LogP contribution is -2.12. The first-order valence-electron chi connectivity index (χ1n) is 5.61. The summed E-state index contributed by atoms with van der Waals surface area (Å²) in [5.74, 6) is -3.16. The van der Waals surface area contributed by atoms with Crippen LogP contribution in [0.1, 0.15) is 20.7 Å². The Hall–Kier alpha value is -2.89. The lowest BCUT2D eigenvalue weighted by molar-refractivity contribution is 0.0691. The highest BCUT2D eigenvalue weighted by atomic mass is 19.1. The van der Waals surface area contributed by atoms with Crippen molar-refractivity contribution in [3.05, 3.63) is 59.4 Å². The summed E-state index contributed by atoms with van der Waals surface area (Å²) in [5, 5.41) is 20.6. The number of hydrogen-bond acceptors (Lipinski definition) is 3. The zero-order chi connectivity index (χ0) is 14.7. The van der Waals surface area contributed by atoms with Crippen LogP contribution in [0.3, 0.4) is 0 Å². The van der Waals surface area contributed by atoms with E-state index >= 15 is 0 Å². The molecule has 0 atom stereocenters. The van der Waals surface area contributed by atoms with Gasteiger partial charge in [-0.05, 0) is 30.3 Å². The molecule has 0 spiro atoms. The molecule has 0 saturated carbocycles. The minimum atomic E-state index is -1.39. The average Bonchev–Trinajstić information content (AvgIpc) is 2.38. The van der Waals surface area contributed by atoms with Gasteiger partial charge >= 0.3 is 5.97 Å². The van der Waals surface area contributed by atoms with Crippen LogP contribution in [0.2, 0.25) is 0 Å². The molecule has 0 heterocycles. The molecule has 2 rings (SSSR count). The predicted molar refractivity (Wildman–Crippen MR) is 69.4 cm³/mol. The van der Waals surface area contributed by atoms with Crippen molar-refractivity contribution in [3.8, 4) is 5.75 Å². The summed E-state index contributed by atoms with van der Waals surface area (Å²) >= 11 is 0. The molecule has 0 unspecified atom stereocenters. The summed E-state index contributed by atoms with van der Waals surface area (Å²) in [6, 6.07) is 9.12. The second-order valence-corrected chi connectivity index (χ2v) is 3.97. The van der Waals surface area contributed by atoms with Gasteiger partial charge in [0.25, 0.3) is 5.91 Å². The topological polar surface area (TPSA) is 86.6 Å². The zero-order valence-corrected chi connectivity index (χ0v) is 10.1. The summed E-state index contributed by atoms with van der Waals surface area (Å²) in [4.78, 5) is 22.5. The lowest BCUT2D eigenvalue weighted by atomic mass is 10.1. The molecule has 0 aliphatic carbocycles. The number of aromatic carboxylic acids is 1. The van der Waals surface area contributed by atoms with Crippen LogP contribution in [0.5, 0.6) is 5.75 Å². The van der Waals surface area contributed by atoms with E-state index < -0.39 is 23.3 Å². The number of phenolic OH excluding ortho intramolecular Hbond substituents is 1. The van der Waals surface area contributed by atoms with Crippen LogP contribution in [0, 0.1) is 5.82 Å². The molecule has 0 fully saturated rings. The van der Waals surface area contributed by atoms with Gasteiger partial charge in [-0.15, -0.1) is 0 Å². The van der Waals surface area contributed by atoms with Crippen LogP contribution in [0.4, 0.5) is 10.1 Å². The summed E-state index contributed by atoms with van der Waals surface area (Å²) < 4.78 is 13.5. The van der Waals surface area contributed by atoms with Crippen molar-refractivity contribution in [1.82, 2.24) is 0 Å². The highest BCUT2D eigenvalue weighted by molar-refractivity contribution is 6.06. The van der Waals surface area contributed by atoms with Crippen molar-refractivity contribution in [2.45, 2.75) is 0 Å². The second kappa shape index (κ2) is 5.40. The van der Waals surface area contributed by atoms with Crippen LogP contribution >= 0.6 is 0 Å². The van der Waals surface area contributed by atoms with Gasteiger partial charge in [-0.3, -0.25) is 4.79 Å². The van der Waals surface area contributed by atoms with Gasteiger partial charge < -0.3 is 15.5 Å². The van der Waals surface area contributed by atoms with Crippen LogP contribution in [-0.2, 0) is 0 Å². The number of anilines is 1. The molecule has 0 radical (unpaired) electrons. The average molecular weight is 275 g/mol. The van der Waals surface area contributed by atoms with Crippen LogP contribution in [0.15, 0.2) is 42.5 Å². The third kappa shape index (κ3) is 2.74. The van der Waals surface area contributed by atoms with Crippen molar-refractivity contribution < 1.29 is 24.2 Å². The molecule has 20 heavy (non-hydrogen) atoms. The van der Waals surface area contributed by atoms with Crippen LogP contribution in [-0.4, -0.2) is 22.1 Å². The van der Waals surface area contributed by atoms with Gasteiger partial charge in [-0.2, -0.15) is 0 Å². The summed E-state index contributed by atoms with van der Waals surface area (Å²) in [5.41, 5.74) is -0.346. The largest absolute Gasteiger partial charge is 0.507 e. The van der Waals surface area contributed by atoms with Gasteiger partial charge in [0.1, 0.15) is 11.6 Å². The first kappa shape index (κ1) is 13.5. The number of aromatic hydroxyl groups is 1. The summed E-state index contributed by atoms with van der Waals surface area (Å²) in [6.45, 7) is 0. The number of carbonyl (C=O) groups excluding carboxylic acids is 1. The maximum absolute atomic E-state index is 13.5. The molecule has 6 heteroatoms. The number of benzene rings is 2. The third-order valence-electron chi connectivity index (χ3n) is 2.61. The van der Waals surface area contributed by atoms with E-state index in [1.807, 2.05) is 0 Å². The molecular formula is C14H10FNO4. The molecule has 102 valence electrons. The Bertz CT molecular complexity index is 685. The number of amides is 1. The number of rotatable bonds is 3. The van der Waals surface area contributed by atoms with Gasteiger partial charge in [0.2, 0.25) is 0 Å². The molecular weight excluding hydrogens is 265 g/mol. The molecule has 3 N–H and O–H groups in total. The molecule has 1 amide bonds. The van der Waals surface area contributed by atoms with E-state index in [-0.39, 0.29) is 17.0 Å². The Labute approximate surface area is 113 Å². The fraction of sp³-hybridized carbons (Fsp3) is 0. The number of nitrogens with one attached hydrogen (secondary N) is 1. The van der Waals surface area contributed by atoms with Crippen molar-refractivity contribution in [1.29, 1.82) is 0 Å². The van der Waals surface area contributed by atoms with E-state index in [2.05, 4.69) is 5.32 Å². The molecule has 0 aromatic heterocycles. The Kier molecular flexibility index (Phi) is 3.65. The Morgan fingerprint density at radius 3 is 2.35 bits per heavy atom. The number of halogens is 1. The SMILES string of the molecule is O=C(Nc1ccc(C(=O)O)c(F)c1)c1ccccc1O. The van der Waals surface area contributed by atoms with E-state index in [1.54, 1.807) is 12.1 Å². The normalized spacial score (nSPS) is 10.1. The Balaban J connectivity index is 2.23. The van der Waals surface area contributed by atoms with Crippen molar-refractivity contribution in [2.24, 2.45) is 0 Å². The van der Waals surface area contributed by atoms with E-state index in [0.29, 0.717) is 0 Å². The number of carboxylic acid groups (broad SMARTS) is 1. The quantitative estimate of drug-likeness (QED) is 0.803. The zero-order valence-electron chi connectivity index (χ0n) is 10.1. The molecule has 0 aliphatic heterocycles. The van der Waals surface area contributed by atoms with Crippen molar-refractivity contribution in [3.63, 3.8) is 0 Å². The third-order valence-corrected chi connectivity index (χ3v) is 2.61. The van der Waals surface area contributed by atoms with Gasteiger partial charge in [0.05, 0.1) is 11.1 Å². The number of para-hydroxylation sites is 1. The monoisotopic (exact) mass is 275 g/mol. The highest BCUT2D eigenvalue weighted by Crippen LogP contribution is 2.19. The molecule has 2 aromatic carbocycles. The fourth-order valence-electron chi connectivity index (χ4n) is 1.63. The number of carbonyl (C=O) groups is 2. The molecule has 5 nitrogen and oxygen atoms in total. The maximum atomic E-state index is 13.5. The predicted octanol–water partition coefficient (Wildman–Crippen LogP) is 2.48. The lowest BCUT2D eigenvalue weighted by Gasteiger charge is -2.07. The van der Waals surface area contributed by atoms with E-state index in [0.717, 1.165) is 12.1 Å². The molecule has 2 aromatic rings. The smallest absolute Gasteiger partial charge is 0.338 e. The molecule has 0 bridgehead atoms. The standard InChI is InChI=1S/C14H10FNO4/c15-11-7-8(5-6-9(11)14(19)20)16-13(18)10-3-1-2-4-12(10)17/h1-7,17H,(H,16,18)(H,19,20). The maximum Gasteiger partial charge on any atom is 0.338 e. The van der Waals surface area contributed by atoms with Gasteiger partial charge in [-0.25, -0.2) is 9.18 Å². The van der Waals surface area contributed by atoms with Gasteiger partial charge in [0.15, 0.2) is 0 Å². The van der Waals surface area contributed by atoms with Crippen molar-refractivity contribution >= 4 is 17.6 Å². The van der Waals surface area contributed by atoms with E-state index in [9.17, 15) is 19.1 Å². The summed E-state index contributed by atoms with van der Waals surface area (Å²) in [6.07, 6.45) is 0. The first-order chi connectivity index (χ1) is 9.49. The number of phenols is 1.